The molecule has 150 valence electrons. The molecule has 0 amide bonds. The zero-order valence-corrected chi connectivity index (χ0v) is 16.7. The standard InChI is InChI=1S/C20H29N7O/c1-21-20(27-7-5-17(15-27)18-13-24-25(2)14-18)23-12-16-4-3-6-22-19(16)26-8-10-28-11-9-26/h3-4,6,13-14,17H,5,7-12,15H2,1-2H3,(H,21,23). The lowest BCUT2D eigenvalue weighted by atomic mass is 10.0. The van der Waals surface area contributed by atoms with E-state index >= 15 is 0 Å². The minimum Gasteiger partial charge on any atom is -0.378 e. The number of ether oxygens (including phenoxy) is 1. The van der Waals surface area contributed by atoms with Crippen LogP contribution in [0.1, 0.15) is 23.5 Å². The largest absolute Gasteiger partial charge is 0.378 e. The van der Waals surface area contributed by atoms with E-state index in [1.807, 2.05) is 37.2 Å². The van der Waals surface area contributed by atoms with Crippen molar-refractivity contribution in [3.8, 4) is 0 Å². The number of morpholine rings is 1. The second kappa shape index (κ2) is 8.60. The third kappa shape index (κ3) is 4.11. The van der Waals surface area contributed by atoms with Crippen LogP contribution in [0.25, 0.3) is 0 Å². The Morgan fingerprint density at radius 2 is 2.18 bits per heavy atom. The lowest BCUT2D eigenvalue weighted by molar-refractivity contribution is 0.122. The van der Waals surface area contributed by atoms with E-state index in [-0.39, 0.29) is 0 Å². The highest BCUT2D eigenvalue weighted by atomic mass is 16.5. The average Bonchev–Trinajstić information content (AvgIpc) is 3.39. The van der Waals surface area contributed by atoms with Crippen LogP contribution in [0.15, 0.2) is 35.7 Å². The van der Waals surface area contributed by atoms with Crippen molar-refractivity contribution < 1.29 is 4.74 Å². The third-order valence-electron chi connectivity index (χ3n) is 5.51. The average molecular weight is 384 g/mol. The van der Waals surface area contributed by atoms with Gasteiger partial charge in [-0.1, -0.05) is 6.07 Å². The van der Waals surface area contributed by atoms with Crippen molar-refractivity contribution in [2.75, 3.05) is 51.3 Å². The summed E-state index contributed by atoms with van der Waals surface area (Å²) in [6, 6.07) is 4.14. The fourth-order valence-corrected chi connectivity index (χ4v) is 4.01. The van der Waals surface area contributed by atoms with E-state index in [4.69, 9.17) is 4.74 Å². The van der Waals surface area contributed by atoms with E-state index in [0.29, 0.717) is 12.5 Å². The SMILES string of the molecule is CN=C(NCc1cccnc1N1CCOCC1)N1CCC(c2cnn(C)c2)C1. The van der Waals surface area contributed by atoms with Gasteiger partial charge in [-0.3, -0.25) is 9.67 Å². The van der Waals surface area contributed by atoms with E-state index in [2.05, 4.69) is 42.5 Å². The zero-order chi connectivity index (χ0) is 19.3. The predicted octanol–water partition coefficient (Wildman–Crippen LogP) is 1.22. The number of rotatable bonds is 4. The first kappa shape index (κ1) is 18.7. The van der Waals surface area contributed by atoms with Crippen molar-refractivity contribution in [3.05, 3.63) is 41.9 Å². The molecule has 0 bridgehead atoms. The Morgan fingerprint density at radius 3 is 2.93 bits per heavy atom. The molecule has 0 aromatic carbocycles. The molecule has 2 aliphatic heterocycles. The van der Waals surface area contributed by atoms with Gasteiger partial charge in [-0.05, 0) is 18.1 Å². The summed E-state index contributed by atoms with van der Waals surface area (Å²) in [6.45, 7) is 5.97. The van der Waals surface area contributed by atoms with Crippen LogP contribution in [-0.4, -0.2) is 72.1 Å². The van der Waals surface area contributed by atoms with Gasteiger partial charge in [-0.15, -0.1) is 0 Å². The summed E-state index contributed by atoms with van der Waals surface area (Å²) in [4.78, 5) is 13.8. The molecule has 1 atom stereocenters. The highest BCUT2D eigenvalue weighted by molar-refractivity contribution is 5.80. The summed E-state index contributed by atoms with van der Waals surface area (Å²) in [7, 11) is 3.82. The summed E-state index contributed by atoms with van der Waals surface area (Å²) < 4.78 is 7.35. The van der Waals surface area contributed by atoms with Crippen LogP contribution >= 0.6 is 0 Å². The maximum Gasteiger partial charge on any atom is 0.193 e. The number of nitrogens with zero attached hydrogens (tertiary/aromatic N) is 6. The molecule has 4 rings (SSSR count). The minimum absolute atomic E-state index is 0.509. The number of anilines is 1. The third-order valence-corrected chi connectivity index (χ3v) is 5.51. The molecule has 0 radical (unpaired) electrons. The summed E-state index contributed by atoms with van der Waals surface area (Å²) >= 11 is 0. The maximum absolute atomic E-state index is 5.48. The Labute approximate surface area is 166 Å². The van der Waals surface area contributed by atoms with Gasteiger partial charge in [0.1, 0.15) is 5.82 Å². The predicted molar refractivity (Wildman–Crippen MR) is 110 cm³/mol. The van der Waals surface area contributed by atoms with Gasteiger partial charge in [0, 0.05) is 70.7 Å². The summed E-state index contributed by atoms with van der Waals surface area (Å²) in [5, 5.41) is 7.85. The lowest BCUT2D eigenvalue weighted by Gasteiger charge is -2.30. The molecule has 2 aliphatic rings. The highest BCUT2D eigenvalue weighted by Gasteiger charge is 2.27. The summed E-state index contributed by atoms with van der Waals surface area (Å²) in [5.41, 5.74) is 2.50. The van der Waals surface area contributed by atoms with Gasteiger partial charge in [0.25, 0.3) is 0 Å². The van der Waals surface area contributed by atoms with Gasteiger partial charge < -0.3 is 19.9 Å². The van der Waals surface area contributed by atoms with Gasteiger partial charge in [-0.2, -0.15) is 5.10 Å². The zero-order valence-electron chi connectivity index (χ0n) is 16.7. The molecule has 0 aliphatic carbocycles. The van der Waals surface area contributed by atoms with Gasteiger partial charge >= 0.3 is 0 Å². The molecule has 8 heteroatoms. The van der Waals surface area contributed by atoms with Crippen LogP contribution in [0.4, 0.5) is 5.82 Å². The Balaban J connectivity index is 1.39. The van der Waals surface area contributed by atoms with E-state index in [1.54, 1.807) is 0 Å². The summed E-state index contributed by atoms with van der Waals surface area (Å²) in [5.74, 6) is 2.50. The number of pyridine rings is 1. The first-order valence-electron chi connectivity index (χ1n) is 9.95. The van der Waals surface area contributed by atoms with Crippen LogP contribution in [-0.2, 0) is 18.3 Å². The smallest absolute Gasteiger partial charge is 0.193 e. The molecule has 0 saturated carbocycles. The Bertz CT molecular complexity index is 812. The number of aromatic nitrogens is 3. The van der Waals surface area contributed by atoms with Crippen LogP contribution in [0.5, 0.6) is 0 Å². The first-order chi connectivity index (χ1) is 13.7. The topological polar surface area (TPSA) is 70.8 Å². The molecule has 2 aromatic heterocycles. The highest BCUT2D eigenvalue weighted by Crippen LogP contribution is 2.27. The van der Waals surface area contributed by atoms with E-state index in [1.165, 1.54) is 11.1 Å². The van der Waals surface area contributed by atoms with E-state index in [0.717, 1.165) is 57.6 Å². The molecule has 0 spiro atoms. The van der Waals surface area contributed by atoms with Crippen LogP contribution in [0.2, 0.25) is 0 Å². The van der Waals surface area contributed by atoms with Gasteiger partial charge in [0.05, 0.1) is 19.4 Å². The van der Waals surface area contributed by atoms with Crippen molar-refractivity contribution >= 4 is 11.8 Å². The van der Waals surface area contributed by atoms with Gasteiger partial charge in [-0.25, -0.2) is 4.98 Å². The first-order valence-corrected chi connectivity index (χ1v) is 9.95. The number of guanidine groups is 1. The van der Waals surface area contributed by atoms with Crippen molar-refractivity contribution in [3.63, 3.8) is 0 Å². The summed E-state index contributed by atoms with van der Waals surface area (Å²) in [6.07, 6.45) is 7.09. The van der Waals surface area contributed by atoms with Crippen molar-refractivity contribution in [2.45, 2.75) is 18.9 Å². The quantitative estimate of drug-likeness (QED) is 0.632. The molecule has 2 fully saturated rings. The fourth-order valence-electron chi connectivity index (χ4n) is 4.01. The fraction of sp³-hybridized carbons (Fsp3) is 0.550. The molecule has 2 saturated heterocycles. The van der Waals surface area contributed by atoms with Gasteiger partial charge in [0.2, 0.25) is 0 Å². The molecule has 2 aromatic rings. The number of aryl methyl sites for hydroxylation is 1. The number of aliphatic imine (C=N–C) groups is 1. The minimum atomic E-state index is 0.509. The molecular weight excluding hydrogens is 354 g/mol. The normalized spacial score (nSPS) is 20.6. The Hall–Kier alpha value is -2.61. The lowest BCUT2D eigenvalue weighted by Crippen LogP contribution is -2.40. The van der Waals surface area contributed by atoms with Crippen molar-refractivity contribution in [2.24, 2.45) is 12.0 Å². The van der Waals surface area contributed by atoms with Gasteiger partial charge in [0.15, 0.2) is 5.96 Å². The molecule has 28 heavy (non-hydrogen) atoms. The second-order valence-electron chi connectivity index (χ2n) is 7.37. The van der Waals surface area contributed by atoms with Crippen LogP contribution in [0, 0.1) is 0 Å². The van der Waals surface area contributed by atoms with E-state index in [9.17, 15) is 0 Å². The molecule has 1 unspecified atom stereocenters. The molecule has 4 heterocycles. The number of nitrogens with one attached hydrogen (secondary N) is 1. The Morgan fingerprint density at radius 1 is 1.32 bits per heavy atom. The number of likely N-dealkylation sites (tertiary alicyclic amines) is 1. The van der Waals surface area contributed by atoms with E-state index < -0.39 is 0 Å². The van der Waals surface area contributed by atoms with Crippen molar-refractivity contribution in [1.82, 2.24) is 25.0 Å². The monoisotopic (exact) mass is 383 g/mol. The molecular formula is C20H29N7O. The van der Waals surface area contributed by atoms with Crippen molar-refractivity contribution in [1.29, 1.82) is 0 Å². The van der Waals surface area contributed by atoms with Crippen LogP contribution in [0.3, 0.4) is 0 Å². The maximum atomic E-state index is 5.48. The molecule has 8 nitrogen and oxygen atoms in total. The number of hydrogen-bond acceptors (Lipinski definition) is 5. The Kier molecular flexibility index (Phi) is 5.76. The second-order valence-corrected chi connectivity index (χ2v) is 7.37. The van der Waals surface area contributed by atoms with Crippen LogP contribution < -0.4 is 10.2 Å². The number of hydrogen-bond donors (Lipinski definition) is 1. The molecule has 1 N–H and O–H groups in total.